The zero-order chi connectivity index (χ0) is 13.9. The minimum atomic E-state index is -1.46. The summed E-state index contributed by atoms with van der Waals surface area (Å²) < 4.78 is 2.44. The van der Waals surface area contributed by atoms with E-state index < -0.39 is 8.07 Å². The number of hydrogen-bond donors (Lipinski definition) is 0. The topological polar surface area (TPSA) is 0 Å². The minimum Gasteiger partial charge on any atom is -0.143 e. The molecule has 1 aliphatic rings. The molecular formula is C16H24S2Si. The van der Waals surface area contributed by atoms with Crippen LogP contribution < -0.4 is 5.19 Å². The third kappa shape index (κ3) is 3.93. The Morgan fingerprint density at radius 1 is 1.21 bits per heavy atom. The van der Waals surface area contributed by atoms with Gasteiger partial charge >= 0.3 is 0 Å². The molecule has 1 atom stereocenters. The van der Waals surface area contributed by atoms with Crippen LogP contribution >= 0.6 is 23.5 Å². The van der Waals surface area contributed by atoms with E-state index in [1.165, 1.54) is 12.2 Å². The zero-order valence-electron chi connectivity index (χ0n) is 12.3. The Morgan fingerprint density at radius 2 is 1.89 bits per heavy atom. The highest BCUT2D eigenvalue weighted by molar-refractivity contribution is 8.20. The summed E-state index contributed by atoms with van der Waals surface area (Å²) in [5.74, 6) is 1.99. The van der Waals surface area contributed by atoms with Gasteiger partial charge in [-0.25, -0.2) is 0 Å². The summed E-state index contributed by atoms with van der Waals surface area (Å²) in [5.41, 5.74) is 0. The van der Waals surface area contributed by atoms with Crippen molar-refractivity contribution in [3.8, 4) is 0 Å². The van der Waals surface area contributed by atoms with Crippen molar-refractivity contribution in [2.24, 2.45) is 5.92 Å². The van der Waals surface area contributed by atoms with Crippen molar-refractivity contribution in [1.29, 1.82) is 0 Å². The van der Waals surface area contributed by atoms with Crippen LogP contribution in [0.2, 0.25) is 13.1 Å². The molecule has 0 spiro atoms. The number of benzene rings is 1. The lowest BCUT2D eigenvalue weighted by Crippen LogP contribution is -2.43. The van der Waals surface area contributed by atoms with Gasteiger partial charge in [-0.15, -0.1) is 23.5 Å². The highest BCUT2D eigenvalue weighted by atomic mass is 32.2. The predicted molar refractivity (Wildman–Crippen MR) is 94.9 cm³/mol. The van der Waals surface area contributed by atoms with E-state index in [0.717, 1.165) is 10.5 Å². The fourth-order valence-electron chi connectivity index (χ4n) is 2.36. The standard InChI is InChI=1S/C16H24S2Si/c1-13(2)12-15-17-11-10-16(18-15)19(3,4)14-8-6-5-7-9-14/h5-10,13,15H,11-12H2,1-4H3. The van der Waals surface area contributed by atoms with Crippen molar-refractivity contribution in [2.75, 3.05) is 5.75 Å². The first-order chi connectivity index (χ1) is 9.00. The molecule has 0 N–H and O–H groups in total. The van der Waals surface area contributed by atoms with E-state index in [-0.39, 0.29) is 0 Å². The van der Waals surface area contributed by atoms with Crippen LogP contribution in [0.5, 0.6) is 0 Å². The van der Waals surface area contributed by atoms with Gasteiger partial charge in [0.25, 0.3) is 0 Å². The quantitative estimate of drug-likeness (QED) is 0.727. The van der Waals surface area contributed by atoms with E-state index in [9.17, 15) is 0 Å². The molecule has 0 bridgehead atoms. The molecule has 104 valence electrons. The highest BCUT2D eigenvalue weighted by Crippen LogP contribution is 2.42. The predicted octanol–water partition coefficient (Wildman–Crippen LogP) is 4.88. The lowest BCUT2D eigenvalue weighted by atomic mass is 10.2. The molecule has 0 nitrogen and oxygen atoms in total. The first kappa shape index (κ1) is 15.3. The third-order valence-electron chi connectivity index (χ3n) is 3.58. The lowest BCUT2D eigenvalue weighted by molar-refractivity contribution is 0.620. The van der Waals surface area contributed by atoms with Crippen molar-refractivity contribution < 1.29 is 0 Å². The van der Waals surface area contributed by atoms with Gasteiger partial charge in [0.15, 0.2) is 0 Å². The SMILES string of the molecule is CC(C)CC1SCC=C([Si](C)(C)c2ccccc2)S1. The van der Waals surface area contributed by atoms with Crippen LogP contribution in [-0.2, 0) is 0 Å². The molecule has 1 heterocycles. The van der Waals surface area contributed by atoms with Gasteiger partial charge in [-0.2, -0.15) is 0 Å². The van der Waals surface area contributed by atoms with Crippen LogP contribution in [0, 0.1) is 5.92 Å². The summed E-state index contributed by atoms with van der Waals surface area (Å²) in [6, 6.07) is 11.1. The Labute approximate surface area is 127 Å². The maximum absolute atomic E-state index is 2.49. The molecule has 3 heteroatoms. The van der Waals surface area contributed by atoms with Gasteiger partial charge in [0.1, 0.15) is 8.07 Å². The maximum atomic E-state index is 2.49. The van der Waals surface area contributed by atoms with Gasteiger partial charge in [0.2, 0.25) is 0 Å². The fourth-order valence-corrected chi connectivity index (χ4v) is 9.51. The molecule has 2 rings (SSSR count). The molecule has 0 aromatic heterocycles. The summed E-state index contributed by atoms with van der Waals surface area (Å²) in [6.07, 6.45) is 3.82. The Morgan fingerprint density at radius 3 is 2.53 bits per heavy atom. The molecule has 1 unspecified atom stereocenters. The molecule has 0 aliphatic carbocycles. The summed E-state index contributed by atoms with van der Waals surface area (Å²) in [6.45, 7) is 9.64. The summed E-state index contributed by atoms with van der Waals surface area (Å²) in [4.78, 5) is 0. The molecule has 0 fully saturated rings. The van der Waals surface area contributed by atoms with Crippen LogP contribution in [-0.4, -0.2) is 18.4 Å². The van der Waals surface area contributed by atoms with Gasteiger partial charge < -0.3 is 0 Å². The third-order valence-corrected chi connectivity index (χ3v) is 11.2. The monoisotopic (exact) mass is 308 g/mol. The van der Waals surface area contributed by atoms with E-state index in [2.05, 4.69) is 86.9 Å². The van der Waals surface area contributed by atoms with E-state index in [4.69, 9.17) is 0 Å². The average molecular weight is 309 g/mol. The van der Waals surface area contributed by atoms with Gasteiger partial charge in [0.05, 0.1) is 4.58 Å². The lowest BCUT2D eigenvalue weighted by Gasteiger charge is -2.32. The van der Waals surface area contributed by atoms with Crippen LogP contribution in [0.4, 0.5) is 0 Å². The van der Waals surface area contributed by atoms with E-state index in [1.54, 1.807) is 9.72 Å². The first-order valence-electron chi connectivity index (χ1n) is 7.04. The van der Waals surface area contributed by atoms with Crippen molar-refractivity contribution >= 4 is 36.8 Å². The molecule has 0 saturated heterocycles. The molecule has 0 radical (unpaired) electrons. The maximum Gasteiger partial charge on any atom is 0.119 e. The average Bonchev–Trinajstić information content (AvgIpc) is 2.39. The highest BCUT2D eigenvalue weighted by Gasteiger charge is 2.32. The Bertz CT molecular complexity index is 437. The molecular weight excluding hydrogens is 284 g/mol. The second-order valence-corrected chi connectivity index (χ2v) is 13.6. The molecule has 1 aromatic rings. The number of thioether (sulfide) groups is 2. The molecule has 0 saturated carbocycles. The molecule has 1 aliphatic heterocycles. The summed E-state index contributed by atoms with van der Waals surface area (Å²) in [5, 5.41) is 1.56. The van der Waals surface area contributed by atoms with Crippen molar-refractivity contribution in [2.45, 2.75) is 37.9 Å². The van der Waals surface area contributed by atoms with Gasteiger partial charge in [-0.1, -0.05) is 68.5 Å². The minimum absolute atomic E-state index is 0.760. The van der Waals surface area contributed by atoms with Crippen LogP contribution in [0.15, 0.2) is 40.9 Å². The normalized spacial score (nSPS) is 20.5. The van der Waals surface area contributed by atoms with Crippen LogP contribution in [0.3, 0.4) is 0 Å². The van der Waals surface area contributed by atoms with E-state index in [0.29, 0.717) is 0 Å². The van der Waals surface area contributed by atoms with E-state index in [1.807, 2.05) is 0 Å². The Kier molecular flexibility index (Phi) is 5.27. The molecule has 1 aromatic carbocycles. The van der Waals surface area contributed by atoms with Gasteiger partial charge in [-0.3, -0.25) is 0 Å². The smallest absolute Gasteiger partial charge is 0.119 e. The number of rotatable bonds is 4. The zero-order valence-corrected chi connectivity index (χ0v) is 15.0. The molecule has 19 heavy (non-hydrogen) atoms. The molecule has 0 amide bonds. The fraction of sp³-hybridized carbons (Fsp3) is 0.500. The summed E-state index contributed by atoms with van der Waals surface area (Å²) in [7, 11) is -1.46. The second kappa shape index (κ2) is 6.55. The van der Waals surface area contributed by atoms with E-state index >= 15 is 0 Å². The van der Waals surface area contributed by atoms with Gasteiger partial charge in [0, 0.05) is 5.75 Å². The Hall–Kier alpha value is -0.123. The van der Waals surface area contributed by atoms with Crippen LogP contribution in [0.25, 0.3) is 0 Å². The van der Waals surface area contributed by atoms with Crippen molar-refractivity contribution in [1.82, 2.24) is 0 Å². The summed E-state index contributed by atoms with van der Waals surface area (Å²) >= 11 is 4.26. The van der Waals surface area contributed by atoms with Crippen molar-refractivity contribution in [3.05, 3.63) is 40.9 Å². The largest absolute Gasteiger partial charge is 0.143 e. The van der Waals surface area contributed by atoms with Crippen LogP contribution in [0.1, 0.15) is 20.3 Å². The number of hydrogen-bond acceptors (Lipinski definition) is 2. The van der Waals surface area contributed by atoms with Crippen molar-refractivity contribution in [3.63, 3.8) is 0 Å². The van der Waals surface area contributed by atoms with Gasteiger partial charge in [-0.05, 0) is 16.9 Å². The first-order valence-corrected chi connectivity index (χ1v) is 12.0. The Balaban J connectivity index is 2.15. The second-order valence-electron chi connectivity index (χ2n) is 6.07.